The summed E-state index contributed by atoms with van der Waals surface area (Å²) >= 11 is 6.03. The fourth-order valence-electron chi connectivity index (χ4n) is 3.89. The highest BCUT2D eigenvalue weighted by Crippen LogP contribution is 2.41. The second-order valence-electron chi connectivity index (χ2n) is 7.52. The number of aliphatic hydroxyl groups excluding tert-OH is 1. The lowest BCUT2D eigenvalue weighted by Gasteiger charge is -2.24. The molecule has 5 rings (SSSR count). The first-order valence-corrected chi connectivity index (χ1v) is 10.2. The van der Waals surface area contributed by atoms with Crippen molar-refractivity contribution in [2.24, 2.45) is 0 Å². The first-order chi connectivity index (χ1) is 15.4. The Bertz CT molecular complexity index is 1390. The highest BCUT2D eigenvalue weighted by Gasteiger charge is 2.46. The molecule has 1 aromatic carbocycles. The van der Waals surface area contributed by atoms with Gasteiger partial charge < -0.3 is 18.8 Å². The standard InChI is InChI=1S/C24H17ClN2O5/c1-13-2-4-18(31-13)21-20(22(28)19-11-15-10-16(25)3-5-17(15)32-19)23(29)24(30)27(21)12-14-6-8-26-9-7-14/h2-11,21,29H,12H2,1H3. The van der Waals surface area contributed by atoms with E-state index < -0.39 is 23.5 Å². The number of carbonyl (C=O) groups excluding carboxylic acids is 2. The SMILES string of the molecule is Cc1ccc(C2C(C(=O)c3cc4cc(Cl)ccc4o3)=C(O)C(=O)N2Cc2ccncc2)o1. The molecule has 0 saturated carbocycles. The predicted octanol–water partition coefficient (Wildman–Crippen LogP) is 5.16. The lowest BCUT2D eigenvalue weighted by atomic mass is 9.99. The first-order valence-electron chi connectivity index (χ1n) is 9.85. The van der Waals surface area contributed by atoms with Crippen molar-refractivity contribution >= 4 is 34.3 Å². The molecule has 7 nitrogen and oxygen atoms in total. The van der Waals surface area contributed by atoms with Gasteiger partial charge in [-0.05, 0) is 61.0 Å². The highest BCUT2D eigenvalue weighted by atomic mass is 35.5. The number of benzene rings is 1. The van der Waals surface area contributed by atoms with Crippen LogP contribution in [0.1, 0.15) is 33.7 Å². The number of furan rings is 2. The summed E-state index contributed by atoms with van der Waals surface area (Å²) in [7, 11) is 0. The molecule has 3 aromatic heterocycles. The smallest absolute Gasteiger partial charge is 0.290 e. The maximum absolute atomic E-state index is 13.5. The molecule has 1 amide bonds. The van der Waals surface area contributed by atoms with Crippen LogP contribution in [0.5, 0.6) is 0 Å². The first kappa shape index (κ1) is 20.1. The number of halogens is 1. The zero-order valence-electron chi connectivity index (χ0n) is 16.9. The minimum atomic E-state index is -0.909. The Balaban J connectivity index is 1.59. The molecule has 1 aliphatic heterocycles. The Labute approximate surface area is 187 Å². The Hall–Kier alpha value is -3.84. The van der Waals surface area contributed by atoms with E-state index >= 15 is 0 Å². The zero-order valence-corrected chi connectivity index (χ0v) is 17.7. The molecule has 0 aliphatic carbocycles. The van der Waals surface area contributed by atoms with Crippen molar-refractivity contribution < 1.29 is 23.5 Å². The molecular formula is C24H17ClN2O5. The summed E-state index contributed by atoms with van der Waals surface area (Å²) in [6.07, 6.45) is 3.22. The van der Waals surface area contributed by atoms with Crippen LogP contribution in [0.15, 0.2) is 81.1 Å². The van der Waals surface area contributed by atoms with E-state index in [0.717, 1.165) is 5.56 Å². The van der Waals surface area contributed by atoms with E-state index in [9.17, 15) is 14.7 Å². The van der Waals surface area contributed by atoms with Gasteiger partial charge in [-0.3, -0.25) is 14.6 Å². The minimum Gasteiger partial charge on any atom is -0.503 e. The predicted molar refractivity (Wildman–Crippen MR) is 116 cm³/mol. The average molecular weight is 449 g/mol. The van der Waals surface area contributed by atoms with Crippen molar-refractivity contribution in [3.63, 3.8) is 0 Å². The van der Waals surface area contributed by atoms with Crippen LogP contribution in [-0.2, 0) is 11.3 Å². The number of fused-ring (bicyclic) bond motifs is 1. The molecule has 8 heteroatoms. The second kappa shape index (κ2) is 7.69. The number of aromatic nitrogens is 1. The number of amides is 1. The van der Waals surface area contributed by atoms with E-state index in [-0.39, 0.29) is 17.9 Å². The Morgan fingerprint density at radius 3 is 2.62 bits per heavy atom. The summed E-state index contributed by atoms with van der Waals surface area (Å²) in [5.41, 5.74) is 1.17. The summed E-state index contributed by atoms with van der Waals surface area (Å²) in [5, 5.41) is 11.9. The van der Waals surface area contributed by atoms with Crippen LogP contribution >= 0.6 is 11.6 Å². The average Bonchev–Trinajstić information content (AvgIpc) is 3.46. The van der Waals surface area contributed by atoms with Crippen molar-refractivity contribution in [1.29, 1.82) is 0 Å². The van der Waals surface area contributed by atoms with Gasteiger partial charge in [-0.1, -0.05) is 11.6 Å². The van der Waals surface area contributed by atoms with Gasteiger partial charge in [-0.2, -0.15) is 0 Å². The van der Waals surface area contributed by atoms with E-state index in [1.165, 1.54) is 4.90 Å². The number of Topliss-reactive ketones (excluding diaryl/α,β-unsaturated/α-hetero) is 1. The van der Waals surface area contributed by atoms with E-state index in [4.69, 9.17) is 20.4 Å². The monoisotopic (exact) mass is 448 g/mol. The zero-order chi connectivity index (χ0) is 22.4. The van der Waals surface area contributed by atoms with Gasteiger partial charge in [0.1, 0.15) is 23.1 Å². The Kier molecular flexibility index (Phi) is 4.83. The molecule has 0 fully saturated rings. The molecule has 32 heavy (non-hydrogen) atoms. The van der Waals surface area contributed by atoms with Crippen molar-refractivity contribution in [3.8, 4) is 0 Å². The van der Waals surface area contributed by atoms with E-state index in [0.29, 0.717) is 27.5 Å². The molecule has 0 bridgehead atoms. The van der Waals surface area contributed by atoms with Crippen molar-refractivity contribution in [3.05, 3.63) is 100 Å². The molecule has 0 radical (unpaired) electrons. The molecule has 1 aliphatic rings. The van der Waals surface area contributed by atoms with Crippen LogP contribution in [0.2, 0.25) is 5.02 Å². The molecule has 1 N–H and O–H groups in total. The van der Waals surface area contributed by atoms with Crippen molar-refractivity contribution in [2.75, 3.05) is 0 Å². The van der Waals surface area contributed by atoms with Crippen molar-refractivity contribution in [1.82, 2.24) is 9.88 Å². The summed E-state index contributed by atoms with van der Waals surface area (Å²) in [5.74, 6) is -0.899. The maximum Gasteiger partial charge on any atom is 0.290 e. The summed E-state index contributed by atoms with van der Waals surface area (Å²) in [4.78, 5) is 31.9. The summed E-state index contributed by atoms with van der Waals surface area (Å²) in [6.45, 7) is 1.92. The molecule has 1 unspecified atom stereocenters. The normalized spacial score (nSPS) is 16.4. The van der Waals surface area contributed by atoms with E-state index in [1.807, 2.05) is 0 Å². The van der Waals surface area contributed by atoms with Gasteiger partial charge in [0.15, 0.2) is 11.5 Å². The number of carbonyl (C=O) groups is 2. The number of hydrogen-bond donors (Lipinski definition) is 1. The Morgan fingerprint density at radius 2 is 1.91 bits per heavy atom. The molecular weight excluding hydrogens is 432 g/mol. The number of pyridine rings is 1. The topological polar surface area (TPSA) is 96.8 Å². The van der Waals surface area contributed by atoms with Gasteiger partial charge in [0, 0.05) is 29.3 Å². The van der Waals surface area contributed by atoms with E-state index in [1.54, 1.807) is 67.8 Å². The quantitative estimate of drug-likeness (QED) is 0.423. The van der Waals surface area contributed by atoms with E-state index in [2.05, 4.69) is 4.98 Å². The van der Waals surface area contributed by atoms with Crippen LogP contribution in [0, 0.1) is 6.92 Å². The molecule has 0 spiro atoms. The third kappa shape index (κ3) is 3.36. The van der Waals surface area contributed by atoms with Gasteiger partial charge in [0.2, 0.25) is 5.78 Å². The van der Waals surface area contributed by atoms with Gasteiger partial charge in [-0.15, -0.1) is 0 Å². The molecule has 1 atom stereocenters. The maximum atomic E-state index is 13.5. The van der Waals surface area contributed by atoms with Gasteiger partial charge in [0.25, 0.3) is 5.91 Å². The summed E-state index contributed by atoms with van der Waals surface area (Å²) < 4.78 is 11.5. The fraction of sp³-hybridized carbons (Fsp3) is 0.125. The number of aliphatic hydroxyl groups is 1. The second-order valence-corrected chi connectivity index (χ2v) is 7.96. The number of nitrogens with zero attached hydrogens (tertiary/aromatic N) is 2. The van der Waals surface area contributed by atoms with Crippen LogP contribution in [0.4, 0.5) is 0 Å². The van der Waals surface area contributed by atoms with Crippen LogP contribution in [-0.4, -0.2) is 26.7 Å². The molecule has 160 valence electrons. The Morgan fingerprint density at radius 1 is 1.12 bits per heavy atom. The minimum absolute atomic E-state index is 0.00402. The van der Waals surface area contributed by atoms with Gasteiger partial charge >= 0.3 is 0 Å². The molecule has 4 aromatic rings. The fourth-order valence-corrected chi connectivity index (χ4v) is 4.07. The molecule has 0 saturated heterocycles. The lowest BCUT2D eigenvalue weighted by molar-refractivity contribution is -0.130. The third-order valence-corrected chi connectivity index (χ3v) is 5.62. The van der Waals surface area contributed by atoms with Crippen molar-refractivity contribution in [2.45, 2.75) is 19.5 Å². The largest absolute Gasteiger partial charge is 0.503 e. The van der Waals surface area contributed by atoms with Gasteiger partial charge in [0.05, 0.1) is 5.57 Å². The number of rotatable bonds is 5. The highest BCUT2D eigenvalue weighted by molar-refractivity contribution is 6.31. The molecule has 4 heterocycles. The van der Waals surface area contributed by atoms with Gasteiger partial charge in [-0.25, -0.2) is 0 Å². The van der Waals surface area contributed by atoms with Crippen LogP contribution in [0.25, 0.3) is 11.0 Å². The number of ketones is 1. The summed E-state index contributed by atoms with van der Waals surface area (Å²) in [6, 6.07) is 12.6. The van der Waals surface area contributed by atoms with Crippen LogP contribution < -0.4 is 0 Å². The number of aryl methyl sites for hydroxylation is 1. The van der Waals surface area contributed by atoms with Crippen LogP contribution in [0.3, 0.4) is 0 Å². The number of hydrogen-bond acceptors (Lipinski definition) is 6. The third-order valence-electron chi connectivity index (χ3n) is 5.38. The lowest BCUT2D eigenvalue weighted by Crippen LogP contribution is -2.30.